The van der Waals surface area contributed by atoms with E-state index in [2.05, 4.69) is 4.74 Å². The lowest BCUT2D eigenvalue weighted by molar-refractivity contribution is -0.605. The number of halogens is 4. The Bertz CT molecular complexity index is 1430. The van der Waals surface area contributed by atoms with Gasteiger partial charge in [-0.3, -0.25) is 4.79 Å². The molecule has 0 radical (unpaired) electrons. The Morgan fingerprint density at radius 2 is 1.74 bits per heavy atom. The zero-order valence-electron chi connectivity index (χ0n) is 23.1. The van der Waals surface area contributed by atoms with E-state index in [1.54, 1.807) is 0 Å². The summed E-state index contributed by atoms with van der Waals surface area (Å²) < 4.78 is 43.2. The van der Waals surface area contributed by atoms with Crippen LogP contribution in [0.3, 0.4) is 0 Å². The summed E-state index contributed by atoms with van der Waals surface area (Å²) in [6, 6.07) is 12.7. The van der Waals surface area contributed by atoms with E-state index in [4.69, 9.17) is 32.7 Å². The van der Waals surface area contributed by atoms with E-state index in [0.29, 0.717) is 47.8 Å². The van der Waals surface area contributed by atoms with Crippen LogP contribution in [0, 0.1) is 11.1 Å². The minimum Gasteiger partial charge on any atom is -0.619 e. The molecule has 1 aliphatic carbocycles. The molecule has 0 bridgehead atoms. The van der Waals surface area contributed by atoms with E-state index < -0.39 is 24.7 Å². The van der Waals surface area contributed by atoms with Crippen LogP contribution >= 0.6 is 23.2 Å². The van der Waals surface area contributed by atoms with Gasteiger partial charge in [-0.1, -0.05) is 59.6 Å². The molecule has 3 aromatic rings. The molecule has 1 saturated carbocycles. The van der Waals surface area contributed by atoms with Gasteiger partial charge in [0.15, 0.2) is 23.9 Å². The second kappa shape index (κ2) is 13.8. The maximum atomic E-state index is 13.6. The highest BCUT2D eigenvalue weighted by Gasteiger charge is 2.37. The highest BCUT2D eigenvalue weighted by Crippen LogP contribution is 2.38. The molecular formula is C31H30Cl2F2N2O6. The van der Waals surface area contributed by atoms with Gasteiger partial charge in [0, 0.05) is 18.5 Å². The van der Waals surface area contributed by atoms with E-state index >= 15 is 0 Å². The molecular weight excluding hydrogens is 605 g/mol. The Hall–Kier alpha value is -3.63. The number of alkyl halides is 2. The predicted molar refractivity (Wildman–Crippen MR) is 154 cm³/mol. The van der Waals surface area contributed by atoms with Crippen molar-refractivity contribution < 1.29 is 37.3 Å². The van der Waals surface area contributed by atoms with Crippen LogP contribution in [-0.4, -0.2) is 42.6 Å². The molecule has 12 heteroatoms. The summed E-state index contributed by atoms with van der Waals surface area (Å²) in [6.45, 7) is -2.33. The lowest BCUT2D eigenvalue weighted by atomic mass is 10.0. The Labute approximate surface area is 257 Å². The number of ether oxygens (including phenoxy) is 3. The lowest BCUT2D eigenvalue weighted by Gasteiger charge is -2.27. The summed E-state index contributed by atoms with van der Waals surface area (Å²) in [4.78, 5) is 28.3. The van der Waals surface area contributed by atoms with Crippen molar-refractivity contribution in [3.63, 3.8) is 0 Å². The van der Waals surface area contributed by atoms with Gasteiger partial charge in [0.05, 0.1) is 13.0 Å². The molecule has 43 heavy (non-hydrogen) atoms. The van der Waals surface area contributed by atoms with E-state index in [1.807, 2.05) is 30.3 Å². The summed E-state index contributed by atoms with van der Waals surface area (Å²) in [7, 11) is 0. The molecule has 2 atom stereocenters. The fourth-order valence-electron chi connectivity index (χ4n) is 5.06. The molecule has 2 aliphatic rings. The van der Waals surface area contributed by atoms with Gasteiger partial charge in [-0.05, 0) is 54.9 Å². The Kier molecular flexibility index (Phi) is 9.87. The second-order valence-electron chi connectivity index (χ2n) is 10.7. The molecule has 5 rings (SSSR count). The van der Waals surface area contributed by atoms with Crippen molar-refractivity contribution >= 4 is 35.1 Å². The minimum absolute atomic E-state index is 0.0357. The smallest absolute Gasteiger partial charge is 0.387 e. The maximum Gasteiger partial charge on any atom is 0.387 e. The van der Waals surface area contributed by atoms with Gasteiger partial charge >= 0.3 is 12.6 Å². The number of benzene rings is 2. The quantitative estimate of drug-likeness (QED) is 0.136. The van der Waals surface area contributed by atoms with E-state index in [9.17, 15) is 23.6 Å². The summed E-state index contributed by atoms with van der Waals surface area (Å²) >= 11 is 12.7. The summed E-state index contributed by atoms with van der Waals surface area (Å²) in [5.41, 5.74) is 1.59. The second-order valence-corrected chi connectivity index (χ2v) is 11.5. The van der Waals surface area contributed by atoms with Gasteiger partial charge in [0.2, 0.25) is 5.91 Å². The third kappa shape index (κ3) is 8.06. The standard InChI is InChI=1S/C31H30Cl2F2N2O6/c32-23-16-36(40)17-24(33)22(23)15-27(21-10-11-26(43-31(34)35)28(14-21)41-18-20-8-9-20)42-30(39)25-7-4-12-37(25)29(38)13-19-5-2-1-3-6-19/h1-3,5-6,10-11,14,16-17,20,25,27,31H,4,7-9,12-13,15,18H2/t25-,27-/m0/s1. The number of pyridine rings is 1. The monoisotopic (exact) mass is 634 g/mol. The normalized spacial score (nSPS) is 17.1. The molecule has 0 N–H and O–H groups in total. The van der Waals surface area contributed by atoms with Crippen molar-refractivity contribution in [2.75, 3.05) is 13.2 Å². The molecule has 1 aliphatic heterocycles. The zero-order valence-corrected chi connectivity index (χ0v) is 24.6. The minimum atomic E-state index is -3.06. The third-order valence-electron chi connectivity index (χ3n) is 7.48. The number of hydrogen-bond donors (Lipinski definition) is 0. The molecule has 1 saturated heterocycles. The molecule has 2 fully saturated rings. The van der Waals surface area contributed by atoms with Gasteiger partial charge in [-0.15, -0.1) is 0 Å². The predicted octanol–water partition coefficient (Wildman–Crippen LogP) is 6.08. The first kappa shape index (κ1) is 30.8. The van der Waals surface area contributed by atoms with Crippen LogP contribution < -0.4 is 14.2 Å². The number of aromatic nitrogens is 1. The highest BCUT2D eigenvalue weighted by atomic mass is 35.5. The molecule has 228 valence electrons. The van der Waals surface area contributed by atoms with Crippen LogP contribution in [0.15, 0.2) is 60.9 Å². The average molecular weight is 635 g/mol. The SMILES string of the molecule is O=C(O[C@@H](Cc1c(Cl)c[n+]([O-])cc1Cl)c1ccc(OC(F)F)c(OCC2CC2)c1)[C@@H]1CCCN1C(=O)Cc1ccccc1. The number of esters is 1. The molecule has 2 heterocycles. The van der Waals surface area contributed by atoms with Crippen molar-refractivity contribution in [2.45, 2.75) is 57.3 Å². The number of likely N-dealkylation sites (tertiary alicyclic amines) is 1. The van der Waals surface area contributed by atoms with Gasteiger partial charge in [0.1, 0.15) is 22.2 Å². The van der Waals surface area contributed by atoms with Gasteiger partial charge in [-0.2, -0.15) is 13.5 Å². The fourth-order valence-corrected chi connectivity index (χ4v) is 5.66. The Morgan fingerprint density at radius 3 is 2.42 bits per heavy atom. The maximum absolute atomic E-state index is 13.6. The van der Waals surface area contributed by atoms with Crippen molar-refractivity contribution in [3.05, 3.63) is 92.9 Å². The number of rotatable bonds is 12. The number of carbonyl (C=O) groups is 2. The van der Waals surface area contributed by atoms with Crippen LogP contribution in [0.4, 0.5) is 8.78 Å². The summed E-state index contributed by atoms with van der Waals surface area (Å²) in [5, 5.41) is 12.0. The third-order valence-corrected chi connectivity index (χ3v) is 8.13. The van der Waals surface area contributed by atoms with Crippen LogP contribution in [0.25, 0.3) is 0 Å². The first-order chi connectivity index (χ1) is 20.7. The Morgan fingerprint density at radius 1 is 1.02 bits per heavy atom. The van der Waals surface area contributed by atoms with E-state index in [-0.39, 0.29) is 40.3 Å². The van der Waals surface area contributed by atoms with Gasteiger partial charge in [-0.25, -0.2) is 4.79 Å². The Balaban J connectivity index is 1.42. The molecule has 0 spiro atoms. The zero-order chi connectivity index (χ0) is 30.5. The first-order valence-electron chi connectivity index (χ1n) is 14.0. The van der Waals surface area contributed by atoms with Crippen molar-refractivity contribution in [3.8, 4) is 11.5 Å². The van der Waals surface area contributed by atoms with Crippen molar-refractivity contribution in [2.24, 2.45) is 5.92 Å². The summed E-state index contributed by atoms with van der Waals surface area (Å²) in [6.07, 6.45) is 4.37. The van der Waals surface area contributed by atoms with Crippen molar-refractivity contribution in [1.82, 2.24) is 4.90 Å². The molecule has 2 aromatic carbocycles. The van der Waals surface area contributed by atoms with Crippen LogP contribution in [0.2, 0.25) is 10.0 Å². The van der Waals surface area contributed by atoms with E-state index in [1.165, 1.54) is 23.1 Å². The van der Waals surface area contributed by atoms with Crippen LogP contribution in [0.5, 0.6) is 11.5 Å². The van der Waals surface area contributed by atoms with E-state index in [0.717, 1.165) is 30.8 Å². The summed E-state index contributed by atoms with van der Waals surface area (Å²) in [5.74, 6) is -0.561. The largest absolute Gasteiger partial charge is 0.619 e. The number of hydrogen-bond acceptors (Lipinski definition) is 6. The topological polar surface area (TPSA) is 92.0 Å². The van der Waals surface area contributed by atoms with Gasteiger partial charge in [0.25, 0.3) is 0 Å². The van der Waals surface area contributed by atoms with Crippen LogP contribution in [-0.2, 0) is 27.2 Å². The molecule has 0 unspecified atom stereocenters. The van der Waals surface area contributed by atoms with Gasteiger partial charge < -0.3 is 24.3 Å². The molecule has 1 amide bonds. The number of carbonyl (C=O) groups excluding carboxylic acids is 2. The molecule has 1 aromatic heterocycles. The van der Waals surface area contributed by atoms with Crippen LogP contribution in [0.1, 0.15) is 48.5 Å². The fraction of sp³-hybridized carbons (Fsp3) is 0.387. The number of nitrogens with zero attached hydrogens (tertiary/aromatic N) is 2. The number of amides is 1. The average Bonchev–Trinajstić information content (AvgIpc) is 3.66. The highest BCUT2D eigenvalue weighted by molar-refractivity contribution is 6.35. The lowest BCUT2D eigenvalue weighted by Crippen LogP contribution is -2.42. The molecule has 8 nitrogen and oxygen atoms in total. The first-order valence-corrected chi connectivity index (χ1v) is 14.8. The van der Waals surface area contributed by atoms with Crippen molar-refractivity contribution in [1.29, 1.82) is 0 Å².